The van der Waals surface area contributed by atoms with Crippen molar-refractivity contribution in [2.75, 3.05) is 5.75 Å². The van der Waals surface area contributed by atoms with E-state index in [1.165, 1.54) is 43.9 Å². The molecule has 0 saturated heterocycles. The van der Waals surface area contributed by atoms with Crippen molar-refractivity contribution in [3.63, 3.8) is 0 Å². The smallest absolute Gasteiger partial charge is 0.313 e. The zero-order valence-electron chi connectivity index (χ0n) is 12.9. The van der Waals surface area contributed by atoms with Crippen molar-refractivity contribution in [2.45, 2.75) is 75.9 Å². The van der Waals surface area contributed by atoms with Crippen LogP contribution in [-0.2, 0) is 4.79 Å². The number of hydrogen-bond donors (Lipinski definition) is 1. The summed E-state index contributed by atoms with van der Waals surface area (Å²) in [6, 6.07) is 0.425. The number of hydrogen-bond acceptors (Lipinski definition) is 4. The summed E-state index contributed by atoms with van der Waals surface area (Å²) in [6.45, 7) is 4.24. The fraction of sp³-hybridized carbons (Fsp3) is 0.800. The number of aromatic nitrogens is 3. The molecule has 1 aliphatic carbocycles. The van der Waals surface area contributed by atoms with Crippen LogP contribution in [0.2, 0.25) is 0 Å². The van der Waals surface area contributed by atoms with Crippen LogP contribution in [-0.4, -0.2) is 31.6 Å². The molecule has 0 atom stereocenters. The molecule has 0 unspecified atom stereocenters. The molecule has 1 aromatic heterocycles. The van der Waals surface area contributed by atoms with Crippen LogP contribution in [0.5, 0.6) is 0 Å². The molecule has 1 saturated carbocycles. The summed E-state index contributed by atoms with van der Waals surface area (Å²) in [5, 5.41) is 18.2. The Hall–Kier alpha value is -1.04. The lowest BCUT2D eigenvalue weighted by Gasteiger charge is -2.24. The molecule has 0 amide bonds. The first-order chi connectivity index (χ1) is 10.1. The maximum Gasteiger partial charge on any atom is 0.313 e. The van der Waals surface area contributed by atoms with Crippen LogP contribution in [0.1, 0.15) is 76.6 Å². The van der Waals surface area contributed by atoms with Crippen molar-refractivity contribution in [2.24, 2.45) is 0 Å². The molecule has 1 heterocycles. The summed E-state index contributed by atoms with van der Waals surface area (Å²) in [5.74, 6) is 0.539. The van der Waals surface area contributed by atoms with E-state index in [1.54, 1.807) is 0 Å². The standard InChI is InChI=1S/C15H25N3O2S/c1-11(2)14-16-17-15(21-10-13(19)20)18(14)12-8-6-4-3-5-7-9-12/h11-12H,3-10H2,1-2H3,(H,19,20). The van der Waals surface area contributed by atoms with E-state index in [0.717, 1.165) is 23.8 Å². The van der Waals surface area contributed by atoms with E-state index in [-0.39, 0.29) is 5.75 Å². The van der Waals surface area contributed by atoms with Crippen LogP contribution in [0.4, 0.5) is 0 Å². The average Bonchev–Trinajstić information content (AvgIpc) is 2.80. The highest BCUT2D eigenvalue weighted by atomic mass is 32.2. The highest BCUT2D eigenvalue weighted by Gasteiger charge is 2.23. The average molecular weight is 311 g/mol. The number of thioether (sulfide) groups is 1. The monoisotopic (exact) mass is 311 g/mol. The number of aliphatic carboxylic acids is 1. The van der Waals surface area contributed by atoms with Gasteiger partial charge in [0.25, 0.3) is 0 Å². The zero-order valence-corrected chi connectivity index (χ0v) is 13.7. The Bertz CT molecular complexity index is 465. The maximum absolute atomic E-state index is 10.8. The van der Waals surface area contributed by atoms with E-state index in [0.29, 0.717) is 12.0 Å². The minimum Gasteiger partial charge on any atom is -0.481 e. The second-order valence-corrected chi connectivity index (χ2v) is 6.99. The van der Waals surface area contributed by atoms with Crippen LogP contribution in [0, 0.1) is 0 Å². The lowest BCUT2D eigenvalue weighted by atomic mass is 9.96. The van der Waals surface area contributed by atoms with Crippen molar-refractivity contribution in [1.29, 1.82) is 0 Å². The fourth-order valence-corrected chi connectivity index (χ4v) is 3.68. The van der Waals surface area contributed by atoms with Gasteiger partial charge in [0.1, 0.15) is 5.82 Å². The van der Waals surface area contributed by atoms with Crippen LogP contribution < -0.4 is 0 Å². The van der Waals surface area contributed by atoms with Gasteiger partial charge in [0.15, 0.2) is 5.16 Å². The number of carboxylic acids is 1. The van der Waals surface area contributed by atoms with E-state index in [4.69, 9.17) is 5.11 Å². The lowest BCUT2D eigenvalue weighted by Crippen LogP contribution is -2.16. The first-order valence-corrected chi connectivity index (χ1v) is 8.87. The van der Waals surface area contributed by atoms with Crippen LogP contribution in [0.25, 0.3) is 0 Å². The largest absolute Gasteiger partial charge is 0.481 e. The van der Waals surface area contributed by atoms with Crippen LogP contribution >= 0.6 is 11.8 Å². The van der Waals surface area contributed by atoms with Crippen molar-refractivity contribution in [1.82, 2.24) is 14.8 Å². The van der Waals surface area contributed by atoms with E-state index in [2.05, 4.69) is 28.6 Å². The quantitative estimate of drug-likeness (QED) is 0.836. The lowest BCUT2D eigenvalue weighted by molar-refractivity contribution is -0.133. The van der Waals surface area contributed by atoms with Gasteiger partial charge in [-0.1, -0.05) is 57.7 Å². The summed E-state index contributed by atoms with van der Waals surface area (Å²) in [6.07, 6.45) is 8.72. The third-order valence-electron chi connectivity index (χ3n) is 3.97. The summed E-state index contributed by atoms with van der Waals surface area (Å²) < 4.78 is 2.23. The summed E-state index contributed by atoms with van der Waals surface area (Å²) in [5.41, 5.74) is 0. The van der Waals surface area contributed by atoms with Gasteiger partial charge in [-0.2, -0.15) is 0 Å². The highest BCUT2D eigenvalue weighted by molar-refractivity contribution is 7.99. The number of rotatable bonds is 5. The van der Waals surface area contributed by atoms with Crippen molar-refractivity contribution < 1.29 is 9.90 Å². The molecule has 6 heteroatoms. The molecule has 2 rings (SSSR count). The first kappa shape index (κ1) is 16.3. The van der Waals surface area contributed by atoms with Gasteiger partial charge < -0.3 is 9.67 Å². The van der Waals surface area contributed by atoms with Gasteiger partial charge in [-0.15, -0.1) is 10.2 Å². The Morgan fingerprint density at radius 3 is 2.43 bits per heavy atom. The Labute approximate surface area is 130 Å². The van der Waals surface area contributed by atoms with Crippen LogP contribution in [0.15, 0.2) is 5.16 Å². The van der Waals surface area contributed by atoms with E-state index < -0.39 is 5.97 Å². The molecule has 1 fully saturated rings. The topological polar surface area (TPSA) is 68.0 Å². The molecular weight excluding hydrogens is 286 g/mol. The van der Waals surface area contributed by atoms with Crippen molar-refractivity contribution >= 4 is 17.7 Å². The highest BCUT2D eigenvalue weighted by Crippen LogP contribution is 2.33. The molecule has 0 aliphatic heterocycles. The van der Waals surface area contributed by atoms with Crippen molar-refractivity contribution in [3.8, 4) is 0 Å². The molecule has 5 nitrogen and oxygen atoms in total. The Morgan fingerprint density at radius 2 is 1.86 bits per heavy atom. The molecule has 118 valence electrons. The Morgan fingerprint density at radius 1 is 1.24 bits per heavy atom. The van der Waals surface area contributed by atoms with Gasteiger partial charge in [-0.3, -0.25) is 4.79 Å². The van der Waals surface area contributed by atoms with Crippen LogP contribution in [0.3, 0.4) is 0 Å². The molecular formula is C15H25N3O2S. The molecule has 1 aliphatic rings. The third kappa shape index (κ3) is 4.46. The van der Waals surface area contributed by atoms with Gasteiger partial charge >= 0.3 is 5.97 Å². The minimum atomic E-state index is -0.807. The molecule has 1 N–H and O–H groups in total. The predicted octanol–water partition coefficient (Wildman–Crippen LogP) is 3.86. The summed E-state index contributed by atoms with van der Waals surface area (Å²) in [4.78, 5) is 10.8. The molecule has 0 bridgehead atoms. The number of nitrogens with zero attached hydrogens (tertiary/aromatic N) is 3. The van der Waals surface area contributed by atoms with Gasteiger partial charge in [-0.25, -0.2) is 0 Å². The van der Waals surface area contributed by atoms with E-state index in [9.17, 15) is 4.79 Å². The Balaban J connectivity index is 2.23. The predicted molar refractivity (Wildman–Crippen MR) is 83.8 cm³/mol. The second kappa shape index (κ2) is 7.82. The molecule has 0 aromatic carbocycles. The summed E-state index contributed by atoms with van der Waals surface area (Å²) in [7, 11) is 0. The number of carbonyl (C=O) groups is 1. The second-order valence-electron chi connectivity index (χ2n) is 6.05. The molecule has 0 spiro atoms. The fourth-order valence-electron chi connectivity index (χ4n) is 2.94. The first-order valence-electron chi connectivity index (χ1n) is 7.89. The van der Waals surface area contributed by atoms with Gasteiger partial charge in [0.05, 0.1) is 5.75 Å². The van der Waals surface area contributed by atoms with Crippen molar-refractivity contribution in [3.05, 3.63) is 5.82 Å². The molecule has 0 radical (unpaired) electrons. The third-order valence-corrected chi connectivity index (χ3v) is 4.90. The molecule has 1 aromatic rings. The SMILES string of the molecule is CC(C)c1nnc(SCC(=O)O)n1C1CCCCCCC1. The van der Waals surface area contributed by atoms with Gasteiger partial charge in [-0.05, 0) is 12.8 Å². The van der Waals surface area contributed by atoms with E-state index >= 15 is 0 Å². The minimum absolute atomic E-state index is 0.0446. The summed E-state index contributed by atoms with van der Waals surface area (Å²) >= 11 is 1.29. The number of carboxylic acid groups (broad SMARTS) is 1. The maximum atomic E-state index is 10.8. The van der Waals surface area contributed by atoms with E-state index in [1.807, 2.05) is 0 Å². The normalized spacial score (nSPS) is 17.7. The Kier molecular flexibility index (Phi) is 6.08. The zero-order chi connectivity index (χ0) is 15.2. The molecule has 21 heavy (non-hydrogen) atoms. The van der Waals surface area contributed by atoms with Gasteiger partial charge in [0, 0.05) is 12.0 Å². The van der Waals surface area contributed by atoms with Gasteiger partial charge in [0.2, 0.25) is 0 Å².